The van der Waals surface area contributed by atoms with E-state index in [1.165, 1.54) is 19.2 Å². The standard InChI is InChI=1S/C17H19NO6S/c1-3-23-14-7-5-4-6-13(14)11-24-17(19)12-8-9-15(22-2)16(10-12)25(18,20)21/h4-10H,3,11H2,1-2H3,(H2,18,20,21). The second kappa shape index (κ2) is 8.00. The average Bonchev–Trinajstić information content (AvgIpc) is 2.59. The topological polar surface area (TPSA) is 105 Å². The third kappa shape index (κ3) is 4.71. The molecule has 25 heavy (non-hydrogen) atoms. The lowest BCUT2D eigenvalue weighted by molar-refractivity contribution is 0.0469. The minimum atomic E-state index is -4.04. The first kappa shape index (κ1) is 18.8. The van der Waals surface area contributed by atoms with E-state index in [-0.39, 0.29) is 22.8 Å². The van der Waals surface area contributed by atoms with Crippen molar-refractivity contribution in [2.24, 2.45) is 5.14 Å². The van der Waals surface area contributed by atoms with Crippen LogP contribution in [0.15, 0.2) is 47.4 Å². The van der Waals surface area contributed by atoms with Crippen LogP contribution in [0.3, 0.4) is 0 Å². The molecule has 2 aromatic carbocycles. The van der Waals surface area contributed by atoms with Crippen molar-refractivity contribution >= 4 is 16.0 Å². The number of ether oxygens (including phenoxy) is 3. The molecular weight excluding hydrogens is 346 g/mol. The number of esters is 1. The van der Waals surface area contributed by atoms with E-state index < -0.39 is 16.0 Å². The summed E-state index contributed by atoms with van der Waals surface area (Å²) in [5.41, 5.74) is 0.761. The van der Waals surface area contributed by atoms with E-state index in [9.17, 15) is 13.2 Å². The lowest BCUT2D eigenvalue weighted by atomic mass is 10.2. The van der Waals surface area contributed by atoms with Crippen LogP contribution in [0.2, 0.25) is 0 Å². The molecule has 8 heteroatoms. The van der Waals surface area contributed by atoms with Crippen molar-refractivity contribution in [1.82, 2.24) is 0 Å². The monoisotopic (exact) mass is 365 g/mol. The highest BCUT2D eigenvalue weighted by Gasteiger charge is 2.19. The van der Waals surface area contributed by atoms with Crippen LogP contribution in [0.5, 0.6) is 11.5 Å². The van der Waals surface area contributed by atoms with Gasteiger partial charge in [-0.05, 0) is 31.2 Å². The largest absolute Gasteiger partial charge is 0.495 e. The molecule has 0 amide bonds. The van der Waals surface area contributed by atoms with E-state index in [1.807, 2.05) is 13.0 Å². The first-order valence-corrected chi connectivity index (χ1v) is 9.00. The van der Waals surface area contributed by atoms with Gasteiger partial charge in [0.15, 0.2) is 0 Å². The fourth-order valence-electron chi connectivity index (χ4n) is 2.17. The molecule has 0 aliphatic heterocycles. The van der Waals surface area contributed by atoms with E-state index in [0.717, 1.165) is 6.07 Å². The smallest absolute Gasteiger partial charge is 0.338 e. The Hall–Kier alpha value is -2.58. The van der Waals surface area contributed by atoms with Gasteiger partial charge in [-0.1, -0.05) is 18.2 Å². The third-order valence-electron chi connectivity index (χ3n) is 3.34. The number of para-hydroxylation sites is 1. The molecule has 0 atom stereocenters. The Balaban J connectivity index is 2.19. The van der Waals surface area contributed by atoms with Gasteiger partial charge in [-0.3, -0.25) is 0 Å². The molecule has 0 radical (unpaired) electrons. The molecule has 0 unspecified atom stereocenters. The van der Waals surface area contributed by atoms with Crippen LogP contribution in [0, 0.1) is 0 Å². The maximum atomic E-state index is 12.2. The van der Waals surface area contributed by atoms with Crippen molar-refractivity contribution < 1.29 is 27.4 Å². The molecule has 0 saturated heterocycles. The number of rotatable bonds is 7. The SMILES string of the molecule is CCOc1ccccc1COC(=O)c1ccc(OC)c(S(N)(=O)=O)c1. The van der Waals surface area contributed by atoms with E-state index in [2.05, 4.69) is 0 Å². The van der Waals surface area contributed by atoms with Crippen LogP contribution < -0.4 is 14.6 Å². The number of primary sulfonamides is 1. The number of methoxy groups -OCH3 is 1. The first-order valence-electron chi connectivity index (χ1n) is 7.45. The van der Waals surface area contributed by atoms with Gasteiger partial charge in [0.05, 0.1) is 19.3 Å². The Kier molecular flexibility index (Phi) is 6.00. The Morgan fingerprint density at radius 1 is 1.12 bits per heavy atom. The predicted octanol–water partition coefficient (Wildman–Crippen LogP) is 2.10. The highest BCUT2D eigenvalue weighted by atomic mass is 32.2. The van der Waals surface area contributed by atoms with Gasteiger partial charge in [-0.2, -0.15) is 0 Å². The van der Waals surface area contributed by atoms with Crippen molar-refractivity contribution in [3.05, 3.63) is 53.6 Å². The fraction of sp³-hybridized carbons (Fsp3) is 0.235. The van der Waals surface area contributed by atoms with Crippen molar-refractivity contribution in [1.29, 1.82) is 0 Å². The minimum absolute atomic E-state index is 0.00819. The van der Waals surface area contributed by atoms with Crippen molar-refractivity contribution in [3.63, 3.8) is 0 Å². The maximum Gasteiger partial charge on any atom is 0.338 e. The maximum absolute atomic E-state index is 12.2. The fourth-order valence-corrected chi connectivity index (χ4v) is 2.90. The first-order chi connectivity index (χ1) is 11.9. The van der Waals surface area contributed by atoms with Gasteiger partial charge in [-0.25, -0.2) is 18.4 Å². The molecule has 0 heterocycles. The van der Waals surface area contributed by atoms with Crippen LogP contribution in [0.1, 0.15) is 22.8 Å². The number of sulfonamides is 1. The Morgan fingerprint density at radius 3 is 2.48 bits per heavy atom. The molecule has 2 aromatic rings. The van der Waals surface area contributed by atoms with Crippen molar-refractivity contribution in [3.8, 4) is 11.5 Å². The number of benzene rings is 2. The Labute approximate surface area is 146 Å². The summed E-state index contributed by atoms with van der Waals surface area (Å²) in [7, 11) is -2.72. The molecule has 0 aliphatic carbocycles. The number of carbonyl (C=O) groups excluding carboxylic acids is 1. The molecule has 2 N–H and O–H groups in total. The van der Waals surface area contributed by atoms with E-state index in [1.54, 1.807) is 18.2 Å². The van der Waals surface area contributed by atoms with Gasteiger partial charge in [0, 0.05) is 5.56 Å². The molecule has 0 spiro atoms. The summed E-state index contributed by atoms with van der Waals surface area (Å²) in [5, 5.41) is 5.14. The van der Waals surface area contributed by atoms with Gasteiger partial charge in [0.1, 0.15) is 23.0 Å². The summed E-state index contributed by atoms with van der Waals surface area (Å²) in [6.45, 7) is 2.34. The van der Waals surface area contributed by atoms with E-state index in [4.69, 9.17) is 19.3 Å². The van der Waals surface area contributed by atoms with Crippen molar-refractivity contribution in [2.75, 3.05) is 13.7 Å². The number of hydrogen-bond donors (Lipinski definition) is 1. The summed E-state index contributed by atoms with van der Waals surface area (Å²) in [6, 6.07) is 11.1. The number of nitrogens with two attached hydrogens (primary N) is 1. The number of hydrogen-bond acceptors (Lipinski definition) is 6. The zero-order valence-corrected chi connectivity index (χ0v) is 14.7. The van der Waals surface area contributed by atoms with Gasteiger partial charge in [0.2, 0.25) is 10.0 Å². The number of carbonyl (C=O) groups is 1. The summed E-state index contributed by atoms with van der Waals surface area (Å²) in [5.74, 6) is -0.00245. The van der Waals surface area contributed by atoms with Crippen molar-refractivity contribution in [2.45, 2.75) is 18.4 Å². The lowest BCUT2D eigenvalue weighted by Gasteiger charge is -2.11. The summed E-state index contributed by atoms with van der Waals surface area (Å²) >= 11 is 0. The second-order valence-electron chi connectivity index (χ2n) is 5.03. The van der Waals surface area contributed by atoms with Gasteiger partial charge < -0.3 is 14.2 Å². The highest BCUT2D eigenvalue weighted by Crippen LogP contribution is 2.25. The van der Waals surface area contributed by atoms with Crippen LogP contribution in [-0.2, 0) is 21.4 Å². The summed E-state index contributed by atoms with van der Waals surface area (Å²) in [4.78, 5) is 11.9. The van der Waals surface area contributed by atoms with Gasteiger partial charge >= 0.3 is 5.97 Å². The lowest BCUT2D eigenvalue weighted by Crippen LogP contribution is -2.15. The highest BCUT2D eigenvalue weighted by molar-refractivity contribution is 7.89. The molecule has 0 aliphatic rings. The van der Waals surface area contributed by atoms with E-state index in [0.29, 0.717) is 17.9 Å². The molecule has 0 fully saturated rings. The van der Waals surface area contributed by atoms with Crippen LogP contribution >= 0.6 is 0 Å². The van der Waals surface area contributed by atoms with Gasteiger partial charge in [-0.15, -0.1) is 0 Å². The third-order valence-corrected chi connectivity index (χ3v) is 4.27. The van der Waals surface area contributed by atoms with E-state index >= 15 is 0 Å². The summed E-state index contributed by atoms with van der Waals surface area (Å²) < 4.78 is 38.9. The van der Waals surface area contributed by atoms with Crippen LogP contribution in [0.4, 0.5) is 0 Å². The molecule has 134 valence electrons. The minimum Gasteiger partial charge on any atom is -0.495 e. The molecule has 0 saturated carbocycles. The van der Waals surface area contributed by atoms with Gasteiger partial charge in [0.25, 0.3) is 0 Å². The zero-order valence-electron chi connectivity index (χ0n) is 13.9. The molecule has 7 nitrogen and oxygen atoms in total. The Bertz CT molecular complexity index is 863. The normalized spacial score (nSPS) is 11.0. The molecular formula is C17H19NO6S. The van der Waals surface area contributed by atoms with Crippen LogP contribution in [-0.4, -0.2) is 28.1 Å². The average molecular weight is 365 g/mol. The Morgan fingerprint density at radius 2 is 1.84 bits per heavy atom. The zero-order chi connectivity index (χ0) is 18.4. The van der Waals surface area contributed by atoms with Crippen LogP contribution in [0.25, 0.3) is 0 Å². The molecule has 2 rings (SSSR count). The summed E-state index contributed by atoms with van der Waals surface area (Å²) in [6.07, 6.45) is 0. The molecule has 0 aromatic heterocycles. The molecule has 0 bridgehead atoms. The second-order valence-corrected chi connectivity index (χ2v) is 6.56. The quantitative estimate of drug-likeness (QED) is 0.753. The predicted molar refractivity (Wildman–Crippen MR) is 91.1 cm³/mol.